The van der Waals surface area contributed by atoms with Crippen LogP contribution in [-0.2, 0) is 7.05 Å². The van der Waals surface area contributed by atoms with Crippen LogP contribution in [0.1, 0.15) is 27.9 Å². The fourth-order valence-electron chi connectivity index (χ4n) is 2.29. The molecule has 0 fully saturated rings. The van der Waals surface area contributed by atoms with Crippen molar-refractivity contribution in [1.82, 2.24) is 19.9 Å². The minimum Gasteiger partial charge on any atom is -0.357 e. The lowest BCUT2D eigenvalue weighted by Gasteiger charge is -2.19. The lowest BCUT2D eigenvalue weighted by molar-refractivity contribution is 0.0936. The fourth-order valence-corrected chi connectivity index (χ4v) is 2.29. The number of amides is 1. The van der Waals surface area contributed by atoms with E-state index in [0.717, 1.165) is 5.56 Å². The summed E-state index contributed by atoms with van der Waals surface area (Å²) in [5, 5.41) is 2.92. The van der Waals surface area contributed by atoms with Crippen LogP contribution < -0.4 is 5.32 Å². The second-order valence-electron chi connectivity index (χ2n) is 4.94. The predicted octanol–water partition coefficient (Wildman–Crippen LogP) is 2.41. The van der Waals surface area contributed by atoms with Gasteiger partial charge in [0.25, 0.3) is 5.91 Å². The molecule has 0 aliphatic carbocycles. The van der Waals surface area contributed by atoms with E-state index in [4.69, 9.17) is 0 Å². The smallest absolute Gasteiger partial charge is 0.268 e. The highest BCUT2D eigenvalue weighted by Gasteiger charge is 2.21. The molecule has 0 saturated carbocycles. The number of aromatic amines is 1. The molecule has 1 aromatic carbocycles. The zero-order valence-electron chi connectivity index (χ0n) is 12.0. The molecule has 1 atom stereocenters. The monoisotopic (exact) mass is 298 g/mol. The molecule has 3 rings (SSSR count). The van der Waals surface area contributed by atoms with Crippen molar-refractivity contribution in [3.63, 3.8) is 0 Å². The number of benzene rings is 1. The number of aryl methyl sites for hydroxylation is 1. The molecule has 2 N–H and O–H groups in total. The third-order valence-corrected chi connectivity index (χ3v) is 3.44. The van der Waals surface area contributed by atoms with Crippen molar-refractivity contribution in [2.24, 2.45) is 7.05 Å². The number of rotatable bonds is 4. The number of hydrogen-bond acceptors (Lipinski definition) is 2. The zero-order valence-corrected chi connectivity index (χ0v) is 12.0. The summed E-state index contributed by atoms with van der Waals surface area (Å²) in [4.78, 5) is 19.5. The van der Waals surface area contributed by atoms with E-state index in [2.05, 4.69) is 15.3 Å². The van der Waals surface area contributed by atoms with Gasteiger partial charge in [0.15, 0.2) is 0 Å². The zero-order chi connectivity index (χ0) is 15.5. The van der Waals surface area contributed by atoms with Gasteiger partial charge in [-0.25, -0.2) is 9.37 Å². The summed E-state index contributed by atoms with van der Waals surface area (Å²) in [6.45, 7) is 0. The number of nitrogens with one attached hydrogen (secondary N) is 2. The second-order valence-corrected chi connectivity index (χ2v) is 4.94. The number of H-pyrrole nitrogens is 1. The van der Waals surface area contributed by atoms with E-state index in [9.17, 15) is 9.18 Å². The van der Waals surface area contributed by atoms with Crippen LogP contribution in [0.5, 0.6) is 0 Å². The molecule has 112 valence electrons. The minimum atomic E-state index is -0.462. The van der Waals surface area contributed by atoms with Gasteiger partial charge in [-0.05, 0) is 29.8 Å². The van der Waals surface area contributed by atoms with Gasteiger partial charge >= 0.3 is 0 Å². The first kappa shape index (κ1) is 14.1. The minimum absolute atomic E-state index is 0.248. The second kappa shape index (κ2) is 5.85. The molecule has 2 heterocycles. The maximum absolute atomic E-state index is 13.1. The number of halogens is 1. The molecule has 0 aliphatic heterocycles. The van der Waals surface area contributed by atoms with Gasteiger partial charge in [-0.2, -0.15) is 0 Å². The van der Waals surface area contributed by atoms with Gasteiger partial charge in [0, 0.05) is 25.6 Å². The van der Waals surface area contributed by atoms with Crippen molar-refractivity contribution in [2.45, 2.75) is 6.04 Å². The highest BCUT2D eigenvalue weighted by atomic mass is 19.1. The highest BCUT2D eigenvalue weighted by molar-refractivity contribution is 5.92. The molecule has 3 aromatic rings. The SMILES string of the molecule is Cn1ccnc1[C@H](NC(=O)c1ccc[nH]1)c1ccc(F)cc1. The summed E-state index contributed by atoms with van der Waals surface area (Å²) < 4.78 is 15.0. The molecular formula is C16H15FN4O. The molecule has 6 heteroatoms. The number of hydrogen-bond donors (Lipinski definition) is 2. The van der Waals surface area contributed by atoms with E-state index in [1.54, 1.807) is 42.9 Å². The van der Waals surface area contributed by atoms with Crippen molar-refractivity contribution in [2.75, 3.05) is 0 Å². The Morgan fingerprint density at radius 2 is 2.09 bits per heavy atom. The highest BCUT2D eigenvalue weighted by Crippen LogP contribution is 2.21. The molecule has 22 heavy (non-hydrogen) atoms. The number of aromatic nitrogens is 3. The number of carbonyl (C=O) groups is 1. The summed E-state index contributed by atoms with van der Waals surface area (Å²) >= 11 is 0. The van der Waals surface area contributed by atoms with Gasteiger partial charge in [-0.1, -0.05) is 12.1 Å². The van der Waals surface area contributed by atoms with Gasteiger partial charge in [-0.3, -0.25) is 4.79 Å². The van der Waals surface area contributed by atoms with Crippen molar-refractivity contribution < 1.29 is 9.18 Å². The Hall–Kier alpha value is -2.89. The van der Waals surface area contributed by atoms with Crippen LogP contribution in [0.2, 0.25) is 0 Å². The Bertz CT molecular complexity index is 762. The van der Waals surface area contributed by atoms with Gasteiger partial charge in [0.05, 0.1) is 0 Å². The fraction of sp³-hybridized carbons (Fsp3) is 0.125. The van der Waals surface area contributed by atoms with Crippen LogP contribution in [0.25, 0.3) is 0 Å². The Morgan fingerprint density at radius 1 is 1.32 bits per heavy atom. The van der Waals surface area contributed by atoms with E-state index >= 15 is 0 Å². The van der Waals surface area contributed by atoms with Gasteiger partial charge in [0.1, 0.15) is 23.4 Å². The summed E-state index contributed by atoms with van der Waals surface area (Å²) in [6, 6.07) is 9.00. The molecule has 5 nitrogen and oxygen atoms in total. The van der Waals surface area contributed by atoms with E-state index in [0.29, 0.717) is 11.5 Å². The summed E-state index contributed by atoms with van der Waals surface area (Å²) in [7, 11) is 1.85. The standard InChI is InChI=1S/C16H15FN4O/c1-21-10-9-19-15(21)14(11-4-6-12(17)7-5-11)20-16(22)13-3-2-8-18-13/h2-10,14,18H,1H3,(H,20,22)/t14-/m1/s1. The topological polar surface area (TPSA) is 62.7 Å². The first-order valence-electron chi connectivity index (χ1n) is 6.82. The average molecular weight is 298 g/mol. The molecule has 0 spiro atoms. The summed E-state index contributed by atoms with van der Waals surface area (Å²) in [5.41, 5.74) is 1.22. The Labute approximate surface area is 126 Å². The van der Waals surface area contributed by atoms with Gasteiger partial charge < -0.3 is 14.9 Å². The Balaban J connectivity index is 1.95. The van der Waals surface area contributed by atoms with Crippen LogP contribution in [0.3, 0.4) is 0 Å². The molecule has 0 radical (unpaired) electrons. The maximum atomic E-state index is 13.1. The van der Waals surface area contributed by atoms with E-state index in [-0.39, 0.29) is 11.7 Å². The Morgan fingerprint density at radius 3 is 2.68 bits per heavy atom. The molecular weight excluding hydrogens is 283 g/mol. The third-order valence-electron chi connectivity index (χ3n) is 3.44. The number of carbonyl (C=O) groups excluding carboxylic acids is 1. The molecule has 0 saturated heterocycles. The quantitative estimate of drug-likeness (QED) is 0.777. The van der Waals surface area contributed by atoms with Gasteiger partial charge in [-0.15, -0.1) is 0 Å². The Kier molecular flexibility index (Phi) is 3.74. The largest absolute Gasteiger partial charge is 0.357 e. The van der Waals surface area contributed by atoms with Crippen molar-refractivity contribution in [3.05, 3.63) is 77.9 Å². The molecule has 2 aromatic heterocycles. The third kappa shape index (κ3) is 2.76. The number of imidazole rings is 1. The molecule has 0 aliphatic rings. The molecule has 1 amide bonds. The normalized spacial score (nSPS) is 12.1. The van der Waals surface area contributed by atoms with Crippen molar-refractivity contribution in [1.29, 1.82) is 0 Å². The average Bonchev–Trinajstić information content (AvgIpc) is 3.17. The van der Waals surface area contributed by atoms with Crippen molar-refractivity contribution >= 4 is 5.91 Å². The van der Waals surface area contributed by atoms with E-state index in [1.807, 2.05) is 11.6 Å². The van der Waals surface area contributed by atoms with Gasteiger partial charge in [0.2, 0.25) is 0 Å². The predicted molar refractivity (Wildman–Crippen MR) is 79.7 cm³/mol. The maximum Gasteiger partial charge on any atom is 0.268 e. The molecule has 0 bridgehead atoms. The van der Waals surface area contributed by atoms with Crippen LogP contribution >= 0.6 is 0 Å². The lowest BCUT2D eigenvalue weighted by atomic mass is 10.1. The first-order chi connectivity index (χ1) is 10.6. The van der Waals surface area contributed by atoms with Crippen LogP contribution in [0.15, 0.2) is 55.0 Å². The number of nitrogens with zero attached hydrogens (tertiary/aromatic N) is 2. The first-order valence-corrected chi connectivity index (χ1v) is 6.82. The summed E-state index contributed by atoms with van der Waals surface area (Å²) in [5.74, 6) is 0.104. The van der Waals surface area contributed by atoms with Crippen LogP contribution in [-0.4, -0.2) is 20.4 Å². The van der Waals surface area contributed by atoms with Crippen LogP contribution in [0.4, 0.5) is 4.39 Å². The van der Waals surface area contributed by atoms with Crippen LogP contribution in [0, 0.1) is 5.82 Å². The summed E-state index contributed by atoms with van der Waals surface area (Å²) in [6.07, 6.45) is 5.14. The van der Waals surface area contributed by atoms with E-state index < -0.39 is 6.04 Å². The molecule has 0 unspecified atom stereocenters. The van der Waals surface area contributed by atoms with E-state index in [1.165, 1.54) is 12.1 Å². The lowest BCUT2D eigenvalue weighted by Crippen LogP contribution is -2.31. The van der Waals surface area contributed by atoms with Crippen molar-refractivity contribution in [3.8, 4) is 0 Å².